The highest BCUT2D eigenvalue weighted by atomic mass is 35.5. The van der Waals surface area contributed by atoms with Crippen molar-refractivity contribution in [2.24, 2.45) is 0 Å². The standard InChI is InChI=1S/C12H8Cl2N2O3/c13-7-1-2-9(14)8(5-7)12-16-6-10(19-12)11(18)15-3-4-17/h1-2,4-6H,3H2,(H,15,18). The quantitative estimate of drug-likeness (QED) is 0.881. The van der Waals surface area contributed by atoms with Gasteiger partial charge in [0, 0.05) is 5.02 Å². The molecule has 0 bridgehead atoms. The summed E-state index contributed by atoms with van der Waals surface area (Å²) in [6.45, 7) is -0.0905. The SMILES string of the molecule is O=CCNC(=O)c1cnc(-c2cc(Cl)ccc2Cl)o1. The molecule has 0 saturated heterocycles. The van der Waals surface area contributed by atoms with Crippen LogP contribution in [-0.4, -0.2) is 23.7 Å². The second kappa shape index (κ2) is 5.86. The number of nitrogens with zero attached hydrogens (tertiary/aromatic N) is 1. The van der Waals surface area contributed by atoms with E-state index < -0.39 is 5.91 Å². The Bertz CT molecular complexity index is 625. The molecule has 0 fully saturated rings. The molecule has 7 heteroatoms. The average Bonchev–Trinajstić information content (AvgIpc) is 2.88. The summed E-state index contributed by atoms with van der Waals surface area (Å²) in [5.41, 5.74) is 0.489. The van der Waals surface area contributed by atoms with Crippen LogP contribution in [0.1, 0.15) is 10.6 Å². The summed E-state index contributed by atoms with van der Waals surface area (Å²) < 4.78 is 5.28. The van der Waals surface area contributed by atoms with E-state index in [0.717, 1.165) is 0 Å². The van der Waals surface area contributed by atoms with Crippen molar-refractivity contribution in [1.82, 2.24) is 10.3 Å². The smallest absolute Gasteiger partial charge is 0.289 e. The number of oxazole rings is 1. The number of nitrogens with one attached hydrogen (secondary N) is 1. The molecule has 1 heterocycles. The molecule has 0 spiro atoms. The van der Waals surface area contributed by atoms with Crippen molar-refractivity contribution in [3.8, 4) is 11.5 Å². The summed E-state index contributed by atoms with van der Waals surface area (Å²) >= 11 is 11.9. The van der Waals surface area contributed by atoms with E-state index in [1.165, 1.54) is 6.20 Å². The molecule has 0 aliphatic rings. The van der Waals surface area contributed by atoms with E-state index in [0.29, 0.717) is 21.9 Å². The predicted octanol–water partition coefficient (Wildman–Crippen LogP) is 2.58. The number of hydrogen-bond donors (Lipinski definition) is 1. The van der Waals surface area contributed by atoms with Crippen LogP contribution in [0.2, 0.25) is 10.0 Å². The van der Waals surface area contributed by atoms with Crippen LogP contribution in [0.5, 0.6) is 0 Å². The van der Waals surface area contributed by atoms with E-state index in [1.807, 2.05) is 0 Å². The van der Waals surface area contributed by atoms with Crippen LogP contribution in [-0.2, 0) is 4.79 Å². The number of benzene rings is 1. The molecule has 1 aromatic heterocycles. The Balaban J connectivity index is 2.28. The van der Waals surface area contributed by atoms with E-state index in [1.54, 1.807) is 18.2 Å². The predicted molar refractivity (Wildman–Crippen MR) is 70.4 cm³/mol. The third-order valence-electron chi connectivity index (χ3n) is 2.23. The van der Waals surface area contributed by atoms with E-state index >= 15 is 0 Å². The molecule has 1 aromatic carbocycles. The highest BCUT2D eigenvalue weighted by Crippen LogP contribution is 2.30. The molecule has 2 aromatic rings. The Hall–Kier alpha value is -1.85. The fourth-order valence-electron chi connectivity index (χ4n) is 1.39. The zero-order valence-corrected chi connectivity index (χ0v) is 11.0. The van der Waals surface area contributed by atoms with Crippen molar-refractivity contribution in [2.75, 3.05) is 6.54 Å². The summed E-state index contributed by atoms with van der Waals surface area (Å²) in [6.07, 6.45) is 1.83. The van der Waals surface area contributed by atoms with Crippen LogP contribution in [0.15, 0.2) is 28.8 Å². The number of carbonyl (C=O) groups excluding carboxylic acids is 2. The summed E-state index contributed by atoms with van der Waals surface area (Å²) in [7, 11) is 0. The van der Waals surface area contributed by atoms with E-state index in [-0.39, 0.29) is 18.2 Å². The van der Waals surface area contributed by atoms with Gasteiger partial charge in [-0.1, -0.05) is 23.2 Å². The van der Waals surface area contributed by atoms with Crippen molar-refractivity contribution in [2.45, 2.75) is 0 Å². The molecule has 5 nitrogen and oxygen atoms in total. The Labute approximate surface area is 118 Å². The summed E-state index contributed by atoms with van der Waals surface area (Å²) in [6, 6.07) is 4.83. The molecular weight excluding hydrogens is 291 g/mol. The zero-order chi connectivity index (χ0) is 13.8. The number of hydrogen-bond acceptors (Lipinski definition) is 4. The minimum atomic E-state index is -0.524. The molecule has 19 heavy (non-hydrogen) atoms. The monoisotopic (exact) mass is 298 g/mol. The lowest BCUT2D eigenvalue weighted by molar-refractivity contribution is -0.107. The Morgan fingerprint density at radius 3 is 2.95 bits per heavy atom. The number of amides is 1. The van der Waals surface area contributed by atoms with Gasteiger partial charge in [-0.2, -0.15) is 0 Å². The fourth-order valence-corrected chi connectivity index (χ4v) is 1.76. The summed E-state index contributed by atoms with van der Waals surface area (Å²) in [5.74, 6) is -0.347. The van der Waals surface area contributed by atoms with Gasteiger partial charge in [0.2, 0.25) is 11.7 Å². The lowest BCUT2D eigenvalue weighted by Crippen LogP contribution is -2.24. The van der Waals surface area contributed by atoms with E-state index in [4.69, 9.17) is 27.6 Å². The van der Waals surface area contributed by atoms with Gasteiger partial charge in [-0.25, -0.2) is 4.98 Å². The normalized spacial score (nSPS) is 10.2. The molecule has 0 saturated carbocycles. The van der Waals surface area contributed by atoms with Crippen molar-refractivity contribution in [1.29, 1.82) is 0 Å². The fraction of sp³-hybridized carbons (Fsp3) is 0.0833. The first-order chi connectivity index (χ1) is 9.11. The number of halogens is 2. The Kier molecular flexibility index (Phi) is 4.19. The first-order valence-corrected chi connectivity index (χ1v) is 6.00. The van der Waals surface area contributed by atoms with Crippen molar-refractivity contribution in [3.05, 3.63) is 40.2 Å². The molecule has 0 radical (unpaired) electrons. The van der Waals surface area contributed by atoms with Gasteiger partial charge >= 0.3 is 0 Å². The maximum atomic E-state index is 11.5. The molecule has 1 amide bonds. The molecule has 0 unspecified atom stereocenters. The van der Waals surface area contributed by atoms with Gasteiger partial charge in [0.1, 0.15) is 6.29 Å². The molecular formula is C12H8Cl2N2O3. The highest BCUT2D eigenvalue weighted by molar-refractivity contribution is 6.35. The van der Waals surface area contributed by atoms with Gasteiger partial charge in [0.15, 0.2) is 0 Å². The molecule has 0 aliphatic heterocycles. The van der Waals surface area contributed by atoms with Gasteiger partial charge in [0.25, 0.3) is 5.91 Å². The van der Waals surface area contributed by atoms with Crippen LogP contribution in [0.25, 0.3) is 11.5 Å². The molecule has 0 aliphatic carbocycles. The largest absolute Gasteiger partial charge is 0.431 e. The van der Waals surface area contributed by atoms with Crippen molar-refractivity contribution >= 4 is 35.4 Å². The first kappa shape index (κ1) is 13.6. The van der Waals surface area contributed by atoms with Crippen molar-refractivity contribution in [3.63, 3.8) is 0 Å². The molecule has 98 valence electrons. The third kappa shape index (κ3) is 3.13. The van der Waals surface area contributed by atoms with Crippen LogP contribution in [0.4, 0.5) is 0 Å². The minimum Gasteiger partial charge on any atom is -0.431 e. The van der Waals surface area contributed by atoms with Crippen molar-refractivity contribution < 1.29 is 14.0 Å². The minimum absolute atomic E-state index is 0.00658. The van der Waals surface area contributed by atoms with Crippen LogP contribution in [0, 0.1) is 0 Å². The van der Waals surface area contributed by atoms with E-state index in [2.05, 4.69) is 10.3 Å². The molecule has 2 rings (SSSR count). The maximum absolute atomic E-state index is 11.5. The van der Waals surface area contributed by atoms with Crippen LogP contribution in [0.3, 0.4) is 0 Å². The lowest BCUT2D eigenvalue weighted by atomic mass is 10.2. The van der Waals surface area contributed by atoms with Gasteiger partial charge in [-0.05, 0) is 18.2 Å². The van der Waals surface area contributed by atoms with Crippen LogP contribution < -0.4 is 5.32 Å². The maximum Gasteiger partial charge on any atom is 0.289 e. The van der Waals surface area contributed by atoms with E-state index in [9.17, 15) is 9.59 Å². The van der Waals surface area contributed by atoms with Gasteiger partial charge in [-0.3, -0.25) is 4.79 Å². The first-order valence-electron chi connectivity index (χ1n) is 5.25. The van der Waals surface area contributed by atoms with Gasteiger partial charge < -0.3 is 14.5 Å². The molecule has 0 atom stereocenters. The summed E-state index contributed by atoms with van der Waals surface area (Å²) in [5, 5.41) is 3.22. The van der Waals surface area contributed by atoms with Crippen LogP contribution >= 0.6 is 23.2 Å². The second-order valence-electron chi connectivity index (χ2n) is 3.53. The number of aromatic nitrogens is 1. The molecule has 1 N–H and O–H groups in total. The lowest BCUT2D eigenvalue weighted by Gasteiger charge is -2.00. The van der Waals surface area contributed by atoms with Gasteiger partial charge in [0.05, 0.1) is 23.3 Å². The zero-order valence-electron chi connectivity index (χ0n) is 9.52. The number of rotatable bonds is 4. The highest BCUT2D eigenvalue weighted by Gasteiger charge is 2.15. The Morgan fingerprint density at radius 1 is 1.42 bits per heavy atom. The van der Waals surface area contributed by atoms with Gasteiger partial charge in [-0.15, -0.1) is 0 Å². The topological polar surface area (TPSA) is 72.2 Å². The average molecular weight is 299 g/mol. The number of aldehydes is 1. The second-order valence-corrected chi connectivity index (χ2v) is 4.37. The number of carbonyl (C=O) groups is 2. The third-order valence-corrected chi connectivity index (χ3v) is 2.80. The Morgan fingerprint density at radius 2 is 2.21 bits per heavy atom. The summed E-state index contributed by atoms with van der Waals surface area (Å²) in [4.78, 5) is 25.7.